The van der Waals surface area contributed by atoms with Gasteiger partial charge in [-0.05, 0) is 63.0 Å². The van der Waals surface area contributed by atoms with Gasteiger partial charge in [-0.3, -0.25) is 4.79 Å². The van der Waals surface area contributed by atoms with Crippen LogP contribution in [0.4, 0.5) is 5.69 Å². The van der Waals surface area contributed by atoms with Gasteiger partial charge in [0.15, 0.2) is 0 Å². The fourth-order valence-corrected chi connectivity index (χ4v) is 2.93. The van der Waals surface area contributed by atoms with E-state index in [-0.39, 0.29) is 30.7 Å². The molecule has 1 aromatic rings. The molecule has 1 heterocycles. The Labute approximate surface area is 158 Å². The molecule has 3 N–H and O–H groups in total. The first kappa shape index (κ1) is 23.0. The molecule has 1 aromatic carbocycles. The number of likely N-dealkylation sites (tertiary alicyclic amines) is 1. The van der Waals surface area contributed by atoms with Gasteiger partial charge in [0.2, 0.25) is 5.91 Å². The van der Waals surface area contributed by atoms with Crippen LogP contribution in [0, 0.1) is 0 Å². The van der Waals surface area contributed by atoms with Crippen LogP contribution < -0.4 is 11.1 Å². The Kier molecular flexibility index (Phi) is 12.8. The number of carbonyl (C=O) groups excluding carboxylic acids is 1. The standard InChI is InChI=1S/C18H29N3O.2ClH/c19-17-9-7-16(8-10-17)15-18(22)20-11-3-1-4-12-21-13-5-2-6-14-21;;/h7-10H,1-6,11-15,19H2,(H,20,22);2*1H. The van der Waals surface area contributed by atoms with E-state index < -0.39 is 0 Å². The van der Waals surface area contributed by atoms with E-state index in [1.54, 1.807) is 0 Å². The number of amides is 1. The van der Waals surface area contributed by atoms with Crippen LogP contribution in [0.5, 0.6) is 0 Å². The predicted molar refractivity (Wildman–Crippen MR) is 106 cm³/mol. The van der Waals surface area contributed by atoms with E-state index in [4.69, 9.17) is 5.73 Å². The van der Waals surface area contributed by atoms with Crippen LogP contribution in [0.25, 0.3) is 0 Å². The topological polar surface area (TPSA) is 58.4 Å². The molecule has 0 aliphatic carbocycles. The molecule has 2 rings (SSSR count). The molecule has 0 saturated carbocycles. The van der Waals surface area contributed by atoms with Gasteiger partial charge in [-0.15, -0.1) is 24.8 Å². The quantitative estimate of drug-likeness (QED) is 0.540. The highest BCUT2D eigenvalue weighted by Crippen LogP contribution is 2.10. The second kappa shape index (κ2) is 13.3. The van der Waals surface area contributed by atoms with Crippen LogP contribution in [-0.4, -0.2) is 37.0 Å². The molecule has 1 aliphatic heterocycles. The fourth-order valence-electron chi connectivity index (χ4n) is 2.93. The maximum atomic E-state index is 11.8. The number of benzene rings is 1. The van der Waals surface area contributed by atoms with Crippen LogP contribution in [0.15, 0.2) is 24.3 Å². The monoisotopic (exact) mass is 375 g/mol. The first-order valence-corrected chi connectivity index (χ1v) is 8.57. The first-order valence-electron chi connectivity index (χ1n) is 8.57. The number of piperidine rings is 1. The van der Waals surface area contributed by atoms with Crippen LogP contribution in [0.3, 0.4) is 0 Å². The summed E-state index contributed by atoms with van der Waals surface area (Å²) in [7, 11) is 0. The second-order valence-corrected chi connectivity index (χ2v) is 6.23. The Morgan fingerprint density at radius 1 is 1.00 bits per heavy atom. The van der Waals surface area contributed by atoms with Crippen LogP contribution in [-0.2, 0) is 11.2 Å². The van der Waals surface area contributed by atoms with E-state index in [1.807, 2.05) is 24.3 Å². The number of nitrogens with zero attached hydrogens (tertiary/aromatic N) is 1. The summed E-state index contributed by atoms with van der Waals surface area (Å²) >= 11 is 0. The number of nitrogens with one attached hydrogen (secondary N) is 1. The van der Waals surface area contributed by atoms with Crippen LogP contribution in [0.2, 0.25) is 0 Å². The number of unbranched alkanes of at least 4 members (excludes halogenated alkanes) is 2. The summed E-state index contributed by atoms with van der Waals surface area (Å²) < 4.78 is 0. The van der Waals surface area contributed by atoms with Crippen molar-refractivity contribution in [2.24, 2.45) is 0 Å². The average Bonchev–Trinajstić information content (AvgIpc) is 2.54. The summed E-state index contributed by atoms with van der Waals surface area (Å²) in [5, 5.41) is 3.00. The van der Waals surface area contributed by atoms with E-state index >= 15 is 0 Å². The summed E-state index contributed by atoms with van der Waals surface area (Å²) in [6, 6.07) is 7.49. The molecule has 1 aliphatic rings. The molecule has 0 atom stereocenters. The molecule has 0 unspecified atom stereocenters. The minimum Gasteiger partial charge on any atom is -0.399 e. The number of nitrogen functional groups attached to an aromatic ring is 1. The highest BCUT2D eigenvalue weighted by molar-refractivity contribution is 5.85. The smallest absolute Gasteiger partial charge is 0.224 e. The number of hydrogen-bond donors (Lipinski definition) is 2. The summed E-state index contributed by atoms with van der Waals surface area (Å²) in [4.78, 5) is 14.4. The lowest BCUT2D eigenvalue weighted by molar-refractivity contribution is -0.120. The molecule has 6 heteroatoms. The highest BCUT2D eigenvalue weighted by Gasteiger charge is 2.08. The Morgan fingerprint density at radius 2 is 1.67 bits per heavy atom. The predicted octanol–water partition coefficient (Wildman–Crippen LogP) is 3.43. The summed E-state index contributed by atoms with van der Waals surface area (Å²) in [5.41, 5.74) is 7.38. The number of nitrogens with two attached hydrogens (primary N) is 1. The minimum atomic E-state index is 0. The van der Waals surface area contributed by atoms with Gasteiger partial charge >= 0.3 is 0 Å². The molecular weight excluding hydrogens is 345 g/mol. The van der Waals surface area contributed by atoms with Gasteiger partial charge in [-0.2, -0.15) is 0 Å². The molecule has 4 nitrogen and oxygen atoms in total. The maximum absolute atomic E-state index is 11.8. The average molecular weight is 376 g/mol. The zero-order chi connectivity index (χ0) is 15.6. The molecule has 24 heavy (non-hydrogen) atoms. The molecule has 0 bridgehead atoms. The van der Waals surface area contributed by atoms with Crippen molar-refractivity contribution < 1.29 is 4.79 Å². The highest BCUT2D eigenvalue weighted by atomic mass is 35.5. The lowest BCUT2D eigenvalue weighted by Crippen LogP contribution is -2.30. The van der Waals surface area contributed by atoms with Crippen molar-refractivity contribution in [3.63, 3.8) is 0 Å². The van der Waals surface area contributed by atoms with Crippen molar-refractivity contribution in [2.45, 2.75) is 44.9 Å². The third-order valence-electron chi connectivity index (χ3n) is 4.27. The minimum absolute atomic E-state index is 0. The van der Waals surface area contributed by atoms with E-state index in [9.17, 15) is 4.79 Å². The number of anilines is 1. The van der Waals surface area contributed by atoms with Gasteiger partial charge in [-0.1, -0.05) is 25.0 Å². The van der Waals surface area contributed by atoms with Crippen molar-refractivity contribution in [2.75, 3.05) is 31.9 Å². The van der Waals surface area contributed by atoms with Gasteiger partial charge in [0.25, 0.3) is 0 Å². The number of halogens is 2. The number of rotatable bonds is 8. The van der Waals surface area contributed by atoms with Crippen molar-refractivity contribution in [3.05, 3.63) is 29.8 Å². The Morgan fingerprint density at radius 3 is 2.33 bits per heavy atom. The molecule has 1 saturated heterocycles. The van der Waals surface area contributed by atoms with Crippen LogP contribution in [0.1, 0.15) is 44.1 Å². The van der Waals surface area contributed by atoms with Gasteiger partial charge in [0.05, 0.1) is 6.42 Å². The first-order chi connectivity index (χ1) is 10.7. The molecule has 1 amide bonds. The third kappa shape index (κ3) is 9.36. The molecule has 0 spiro atoms. The Hall–Kier alpha value is -0.970. The van der Waals surface area contributed by atoms with E-state index in [1.165, 1.54) is 51.7 Å². The molecule has 1 fully saturated rings. The Bertz CT molecular complexity index is 448. The lowest BCUT2D eigenvalue weighted by Gasteiger charge is -2.26. The van der Waals surface area contributed by atoms with E-state index in [2.05, 4.69) is 10.2 Å². The van der Waals surface area contributed by atoms with Crippen molar-refractivity contribution in [1.82, 2.24) is 10.2 Å². The molecule has 0 radical (unpaired) electrons. The summed E-state index contributed by atoms with van der Waals surface area (Å²) in [6.45, 7) is 4.56. The molecule has 138 valence electrons. The molecular formula is C18H31Cl2N3O. The zero-order valence-corrected chi connectivity index (χ0v) is 16.0. The summed E-state index contributed by atoms with van der Waals surface area (Å²) in [5.74, 6) is 0.0980. The van der Waals surface area contributed by atoms with Gasteiger partial charge in [0, 0.05) is 12.2 Å². The van der Waals surface area contributed by atoms with Crippen molar-refractivity contribution >= 4 is 36.4 Å². The second-order valence-electron chi connectivity index (χ2n) is 6.23. The normalized spacial score (nSPS) is 14.3. The van der Waals surface area contributed by atoms with Crippen LogP contribution >= 0.6 is 24.8 Å². The van der Waals surface area contributed by atoms with Gasteiger partial charge in [0.1, 0.15) is 0 Å². The SMILES string of the molecule is Cl.Cl.Nc1ccc(CC(=O)NCCCCCN2CCCCC2)cc1. The van der Waals surface area contributed by atoms with Crippen molar-refractivity contribution in [1.29, 1.82) is 0 Å². The Balaban J connectivity index is 0.00000264. The summed E-state index contributed by atoms with van der Waals surface area (Å²) in [6.07, 6.45) is 8.07. The van der Waals surface area contributed by atoms with E-state index in [0.29, 0.717) is 6.42 Å². The number of carbonyl (C=O) groups is 1. The fraction of sp³-hybridized carbons (Fsp3) is 0.611. The van der Waals surface area contributed by atoms with Gasteiger partial charge in [-0.25, -0.2) is 0 Å². The van der Waals surface area contributed by atoms with Gasteiger partial charge < -0.3 is 16.0 Å². The zero-order valence-electron chi connectivity index (χ0n) is 14.3. The lowest BCUT2D eigenvalue weighted by atomic mass is 10.1. The molecule has 0 aromatic heterocycles. The third-order valence-corrected chi connectivity index (χ3v) is 4.27. The maximum Gasteiger partial charge on any atom is 0.224 e. The number of hydrogen-bond acceptors (Lipinski definition) is 3. The largest absolute Gasteiger partial charge is 0.399 e. The van der Waals surface area contributed by atoms with E-state index in [0.717, 1.165) is 24.2 Å². The van der Waals surface area contributed by atoms with Crippen molar-refractivity contribution in [3.8, 4) is 0 Å².